The molecule has 3 atom stereocenters. The van der Waals surface area contributed by atoms with Crippen molar-refractivity contribution in [1.82, 2.24) is 0 Å². The molecule has 0 aliphatic heterocycles. The number of aromatic hydroxyl groups is 1. The van der Waals surface area contributed by atoms with Crippen molar-refractivity contribution in [3.8, 4) is 16.9 Å². The largest absolute Gasteiger partial charge is 0.511 e. The van der Waals surface area contributed by atoms with E-state index in [9.17, 15) is 29.7 Å². The van der Waals surface area contributed by atoms with E-state index in [2.05, 4.69) is 38.1 Å². The normalized spacial score (nSPS) is 22.4. The van der Waals surface area contributed by atoms with Crippen LogP contribution in [0.2, 0.25) is 0 Å². The molecule has 3 aromatic rings. The average molecular weight is 537 g/mol. The summed E-state index contributed by atoms with van der Waals surface area (Å²) in [4.78, 5) is 38.5. The summed E-state index contributed by atoms with van der Waals surface area (Å²) in [6.07, 6.45) is 1.74. The molecule has 0 heterocycles. The number of phenols is 1. The van der Waals surface area contributed by atoms with Crippen LogP contribution in [0.25, 0.3) is 27.7 Å². The fraction of sp³-hybridized carbons (Fsp3) is 0.324. The lowest BCUT2D eigenvalue weighted by Crippen LogP contribution is -2.43. The van der Waals surface area contributed by atoms with Gasteiger partial charge in [-0.3, -0.25) is 14.4 Å². The molecular formula is C34H32O6. The van der Waals surface area contributed by atoms with Crippen LogP contribution in [-0.2, 0) is 27.2 Å². The molecule has 40 heavy (non-hydrogen) atoms. The highest BCUT2D eigenvalue weighted by Gasteiger charge is 2.50. The van der Waals surface area contributed by atoms with E-state index in [0.29, 0.717) is 18.8 Å². The van der Waals surface area contributed by atoms with Gasteiger partial charge in [-0.1, -0.05) is 56.3 Å². The lowest BCUT2D eigenvalue weighted by molar-refractivity contribution is -0.127. The van der Waals surface area contributed by atoms with Crippen molar-refractivity contribution in [3.63, 3.8) is 0 Å². The van der Waals surface area contributed by atoms with E-state index >= 15 is 0 Å². The Kier molecular flexibility index (Phi) is 6.17. The monoisotopic (exact) mass is 536 g/mol. The number of carbonyl (C=O) groups excluding carboxylic acids is 3. The van der Waals surface area contributed by atoms with Crippen molar-refractivity contribution >= 4 is 33.9 Å². The predicted molar refractivity (Wildman–Crippen MR) is 153 cm³/mol. The predicted octanol–water partition coefficient (Wildman–Crippen LogP) is 6.43. The number of allylic oxidation sites excluding steroid dienone is 3. The van der Waals surface area contributed by atoms with Crippen LogP contribution in [0.3, 0.4) is 0 Å². The Labute approximate surface area is 232 Å². The van der Waals surface area contributed by atoms with Crippen molar-refractivity contribution in [2.75, 3.05) is 0 Å². The van der Waals surface area contributed by atoms with Crippen LogP contribution in [0, 0.1) is 23.7 Å². The number of phenolic OH excluding ortho intramolecular Hbond substituents is 1. The van der Waals surface area contributed by atoms with E-state index in [0.717, 1.165) is 33.9 Å². The van der Waals surface area contributed by atoms with E-state index in [1.165, 1.54) is 12.5 Å². The Morgan fingerprint density at radius 1 is 0.925 bits per heavy atom. The van der Waals surface area contributed by atoms with E-state index in [1.54, 1.807) is 6.07 Å². The fourth-order valence-corrected chi connectivity index (χ4v) is 7.22. The first-order valence-corrected chi connectivity index (χ1v) is 13.9. The summed E-state index contributed by atoms with van der Waals surface area (Å²) >= 11 is 0. The quantitative estimate of drug-likeness (QED) is 0.331. The summed E-state index contributed by atoms with van der Waals surface area (Å²) < 4.78 is 0. The molecule has 0 spiro atoms. The number of hydrogen-bond acceptors (Lipinski definition) is 6. The lowest BCUT2D eigenvalue weighted by Gasteiger charge is -2.41. The molecule has 3 aromatic carbocycles. The van der Waals surface area contributed by atoms with Gasteiger partial charge in [0.15, 0.2) is 17.3 Å². The molecule has 204 valence electrons. The zero-order valence-corrected chi connectivity index (χ0v) is 22.8. The first kappa shape index (κ1) is 26.1. The number of hydrogen-bond donors (Lipinski definition) is 3. The van der Waals surface area contributed by atoms with Crippen LogP contribution in [0.5, 0.6) is 5.75 Å². The number of ketones is 3. The summed E-state index contributed by atoms with van der Waals surface area (Å²) in [7, 11) is 0. The highest BCUT2D eigenvalue weighted by molar-refractivity contribution is 6.22. The van der Waals surface area contributed by atoms with Crippen LogP contribution >= 0.6 is 0 Å². The average Bonchev–Trinajstić information content (AvgIpc) is 2.88. The van der Waals surface area contributed by atoms with Crippen molar-refractivity contribution in [1.29, 1.82) is 0 Å². The summed E-state index contributed by atoms with van der Waals surface area (Å²) in [5.74, 6) is -3.79. The zero-order chi connectivity index (χ0) is 28.5. The van der Waals surface area contributed by atoms with Crippen LogP contribution in [0.4, 0.5) is 0 Å². The summed E-state index contributed by atoms with van der Waals surface area (Å²) in [5, 5.41) is 35.5. The van der Waals surface area contributed by atoms with Gasteiger partial charge in [-0.05, 0) is 83.0 Å². The van der Waals surface area contributed by atoms with Gasteiger partial charge in [0, 0.05) is 12.0 Å². The molecule has 1 saturated carbocycles. The van der Waals surface area contributed by atoms with Crippen LogP contribution in [-0.4, -0.2) is 32.7 Å². The van der Waals surface area contributed by atoms with Gasteiger partial charge in [0.25, 0.3) is 0 Å². The van der Waals surface area contributed by atoms with E-state index in [4.69, 9.17) is 0 Å². The molecule has 3 aliphatic rings. The number of Topliss-reactive ketones (excluding diaryl/α,β-unsaturated/α-hetero) is 3. The maximum Gasteiger partial charge on any atom is 0.173 e. The smallest absolute Gasteiger partial charge is 0.173 e. The van der Waals surface area contributed by atoms with Crippen LogP contribution in [0.1, 0.15) is 50.3 Å². The minimum absolute atomic E-state index is 0.00161. The summed E-state index contributed by atoms with van der Waals surface area (Å²) in [6, 6.07) is 15.9. The molecule has 6 rings (SSSR count). The molecule has 1 fully saturated rings. The number of rotatable bonds is 4. The van der Waals surface area contributed by atoms with Gasteiger partial charge in [-0.15, -0.1) is 0 Å². The van der Waals surface area contributed by atoms with Gasteiger partial charge in [0.05, 0.1) is 17.1 Å². The third-order valence-electron chi connectivity index (χ3n) is 8.81. The number of aliphatic hydroxyl groups excluding tert-OH is 2. The van der Waals surface area contributed by atoms with Crippen LogP contribution < -0.4 is 0 Å². The van der Waals surface area contributed by atoms with E-state index in [-0.39, 0.29) is 40.6 Å². The summed E-state index contributed by atoms with van der Waals surface area (Å²) in [6.45, 7) is 5.59. The molecule has 3 unspecified atom stereocenters. The van der Waals surface area contributed by atoms with Crippen molar-refractivity contribution in [3.05, 3.63) is 82.1 Å². The molecule has 0 aromatic heterocycles. The van der Waals surface area contributed by atoms with E-state index < -0.39 is 34.9 Å². The number of fused-ring (bicyclic) bond motifs is 4. The van der Waals surface area contributed by atoms with Gasteiger partial charge in [-0.2, -0.15) is 0 Å². The van der Waals surface area contributed by atoms with Gasteiger partial charge < -0.3 is 15.3 Å². The third-order valence-corrected chi connectivity index (χ3v) is 8.81. The van der Waals surface area contributed by atoms with Crippen molar-refractivity contribution in [2.45, 2.75) is 46.5 Å². The molecular weight excluding hydrogens is 504 g/mol. The molecule has 0 saturated heterocycles. The second-order valence-electron chi connectivity index (χ2n) is 11.8. The molecule has 0 radical (unpaired) electrons. The third kappa shape index (κ3) is 3.88. The Morgan fingerprint density at radius 3 is 2.33 bits per heavy atom. The maximum absolute atomic E-state index is 13.7. The Morgan fingerprint density at radius 2 is 1.62 bits per heavy atom. The van der Waals surface area contributed by atoms with Gasteiger partial charge in [-0.25, -0.2) is 0 Å². The highest BCUT2D eigenvalue weighted by atomic mass is 16.3. The zero-order valence-electron chi connectivity index (χ0n) is 22.8. The molecule has 6 nitrogen and oxygen atoms in total. The molecule has 3 aliphatic carbocycles. The number of aliphatic hydroxyl groups is 2. The topological polar surface area (TPSA) is 112 Å². The second-order valence-corrected chi connectivity index (χ2v) is 11.8. The standard InChI is InChI=1S/C34H32O6/c1-16(2)12-18-8-9-23(22-7-5-4-6-21(18)22)24-10-11-26(36)31-25(24)14-19-13-20-15-27(37)28(17(3)35)32(38)30(20)33(39)29(19)34(31)40/h4-11,16,19-20,30,36,38,40H,12-15H2,1-3H3. The van der Waals surface area contributed by atoms with Gasteiger partial charge in [0.2, 0.25) is 0 Å². The van der Waals surface area contributed by atoms with Crippen molar-refractivity contribution < 1.29 is 29.7 Å². The first-order chi connectivity index (χ1) is 19.1. The highest BCUT2D eigenvalue weighted by Crippen LogP contribution is 2.52. The van der Waals surface area contributed by atoms with E-state index in [1.807, 2.05) is 18.2 Å². The van der Waals surface area contributed by atoms with Crippen molar-refractivity contribution in [2.24, 2.45) is 23.7 Å². The first-order valence-electron chi connectivity index (χ1n) is 13.9. The summed E-state index contributed by atoms with van der Waals surface area (Å²) in [5.41, 5.74) is 3.94. The molecule has 3 N–H and O–H groups in total. The minimum atomic E-state index is -1.05. The Bertz CT molecular complexity index is 1690. The minimum Gasteiger partial charge on any atom is -0.511 e. The number of carbonyl (C=O) groups is 3. The SMILES string of the molecule is CC(=O)C1=C(O)C2C(=O)C3=C(O)c4c(O)ccc(-c5ccc(CC(C)C)c6ccccc56)c4CC3CC2CC1=O. The Hall–Kier alpha value is -4.19. The van der Waals surface area contributed by atoms with Gasteiger partial charge in [0.1, 0.15) is 17.3 Å². The molecule has 0 bridgehead atoms. The maximum atomic E-state index is 13.7. The van der Waals surface area contributed by atoms with Crippen LogP contribution in [0.15, 0.2) is 65.4 Å². The number of benzene rings is 3. The molecule has 0 amide bonds. The second kappa shape index (κ2) is 9.47. The van der Waals surface area contributed by atoms with Gasteiger partial charge >= 0.3 is 0 Å². The lowest BCUT2D eigenvalue weighted by atomic mass is 9.61. The molecule has 6 heteroatoms. The Balaban J connectivity index is 1.52. The fourth-order valence-electron chi connectivity index (χ4n) is 7.22.